The van der Waals surface area contributed by atoms with Gasteiger partial charge in [0.05, 0.1) is 11.4 Å². The van der Waals surface area contributed by atoms with E-state index >= 15 is 0 Å². The lowest BCUT2D eigenvalue weighted by Gasteiger charge is -2.23. The van der Waals surface area contributed by atoms with Gasteiger partial charge in [0.2, 0.25) is 5.91 Å². The van der Waals surface area contributed by atoms with Gasteiger partial charge in [0.15, 0.2) is 0 Å². The minimum Gasteiger partial charge on any atom is -0.333 e. The fraction of sp³-hybridized carbons (Fsp3) is 0.261. The van der Waals surface area contributed by atoms with Crippen molar-refractivity contribution in [2.75, 3.05) is 5.75 Å². The zero-order chi connectivity index (χ0) is 19.6. The summed E-state index contributed by atoms with van der Waals surface area (Å²) >= 11 is 1.60. The van der Waals surface area contributed by atoms with Gasteiger partial charge in [-0.3, -0.25) is 14.8 Å². The molecular formula is C23H25N3OS. The lowest BCUT2D eigenvalue weighted by Crippen LogP contribution is -2.31. The van der Waals surface area contributed by atoms with Crippen LogP contribution < -0.4 is 0 Å². The first-order valence-corrected chi connectivity index (χ1v) is 10.6. The molecule has 0 saturated carbocycles. The van der Waals surface area contributed by atoms with E-state index in [9.17, 15) is 4.79 Å². The summed E-state index contributed by atoms with van der Waals surface area (Å²) in [5, 5.41) is 0. The van der Waals surface area contributed by atoms with Crippen molar-refractivity contribution in [3.8, 4) is 0 Å². The van der Waals surface area contributed by atoms with Crippen LogP contribution in [0.5, 0.6) is 0 Å². The van der Waals surface area contributed by atoms with E-state index in [0.29, 0.717) is 18.8 Å². The maximum absolute atomic E-state index is 12.9. The fourth-order valence-corrected chi connectivity index (χ4v) is 3.70. The average Bonchev–Trinajstić information content (AvgIpc) is 2.75. The van der Waals surface area contributed by atoms with Crippen LogP contribution in [0.1, 0.15) is 29.3 Å². The van der Waals surface area contributed by atoms with Gasteiger partial charge in [-0.1, -0.05) is 43.3 Å². The number of carbonyl (C=O) groups excluding carboxylic acids is 1. The molecule has 0 fully saturated rings. The Kier molecular flexibility index (Phi) is 7.62. The Morgan fingerprint density at radius 3 is 2.39 bits per heavy atom. The highest BCUT2D eigenvalue weighted by atomic mass is 32.2. The summed E-state index contributed by atoms with van der Waals surface area (Å²) < 4.78 is 0. The van der Waals surface area contributed by atoms with Gasteiger partial charge < -0.3 is 4.90 Å². The van der Waals surface area contributed by atoms with Crippen LogP contribution in [0.15, 0.2) is 73.2 Å². The zero-order valence-corrected chi connectivity index (χ0v) is 16.9. The first-order chi connectivity index (χ1) is 13.7. The zero-order valence-electron chi connectivity index (χ0n) is 16.1. The predicted molar refractivity (Wildman–Crippen MR) is 115 cm³/mol. The molecule has 1 amide bonds. The first-order valence-electron chi connectivity index (χ1n) is 9.46. The average molecular weight is 392 g/mol. The van der Waals surface area contributed by atoms with E-state index in [4.69, 9.17) is 0 Å². The van der Waals surface area contributed by atoms with Crippen molar-refractivity contribution in [1.29, 1.82) is 0 Å². The van der Waals surface area contributed by atoms with Crippen LogP contribution in [-0.2, 0) is 30.1 Å². The Balaban J connectivity index is 1.64. The van der Waals surface area contributed by atoms with Gasteiger partial charge in [0.25, 0.3) is 0 Å². The van der Waals surface area contributed by atoms with E-state index in [0.717, 1.165) is 29.0 Å². The minimum absolute atomic E-state index is 0.129. The number of nitrogens with zero attached hydrogens (tertiary/aromatic N) is 3. The summed E-state index contributed by atoms with van der Waals surface area (Å²) in [6.45, 7) is 3.31. The largest absolute Gasteiger partial charge is 0.333 e. The summed E-state index contributed by atoms with van der Waals surface area (Å²) in [6, 6.07) is 18.3. The number of thioether (sulfide) groups is 1. The Morgan fingerprint density at radius 1 is 0.929 bits per heavy atom. The molecule has 28 heavy (non-hydrogen) atoms. The molecule has 0 unspecified atom stereocenters. The maximum Gasteiger partial charge on any atom is 0.233 e. The second-order valence-corrected chi connectivity index (χ2v) is 7.58. The van der Waals surface area contributed by atoms with Crippen LogP contribution in [0.25, 0.3) is 0 Å². The summed E-state index contributed by atoms with van der Waals surface area (Å²) in [5.74, 6) is 1.30. The summed E-state index contributed by atoms with van der Waals surface area (Å²) in [4.78, 5) is 23.3. The highest BCUT2D eigenvalue weighted by Crippen LogP contribution is 2.15. The molecule has 0 radical (unpaired) electrons. The van der Waals surface area contributed by atoms with Crippen LogP contribution >= 0.6 is 11.8 Å². The third-order valence-electron chi connectivity index (χ3n) is 4.46. The van der Waals surface area contributed by atoms with E-state index < -0.39 is 0 Å². The molecule has 0 aliphatic carbocycles. The normalized spacial score (nSPS) is 10.6. The number of pyridine rings is 2. The SMILES string of the molecule is CCc1ccc(CN(Cc2cccnc2)C(=O)CSCc2ccccn2)cc1. The van der Waals surface area contributed by atoms with E-state index in [2.05, 4.69) is 41.2 Å². The lowest BCUT2D eigenvalue weighted by atomic mass is 10.1. The molecule has 2 aromatic heterocycles. The van der Waals surface area contributed by atoms with Crippen LogP contribution in [0.3, 0.4) is 0 Å². The molecule has 144 valence electrons. The molecule has 0 atom stereocenters. The van der Waals surface area contributed by atoms with Gasteiger partial charge >= 0.3 is 0 Å². The minimum atomic E-state index is 0.129. The van der Waals surface area contributed by atoms with Crippen molar-refractivity contribution in [3.05, 3.63) is 95.6 Å². The monoisotopic (exact) mass is 391 g/mol. The van der Waals surface area contributed by atoms with Gasteiger partial charge in [-0.2, -0.15) is 0 Å². The van der Waals surface area contributed by atoms with Crippen LogP contribution in [0.2, 0.25) is 0 Å². The number of benzene rings is 1. The molecule has 3 aromatic rings. The topological polar surface area (TPSA) is 46.1 Å². The molecule has 0 saturated heterocycles. The maximum atomic E-state index is 12.9. The highest BCUT2D eigenvalue weighted by Gasteiger charge is 2.15. The quantitative estimate of drug-likeness (QED) is 0.539. The van der Waals surface area contributed by atoms with E-state index in [-0.39, 0.29) is 5.91 Å². The summed E-state index contributed by atoms with van der Waals surface area (Å²) in [5.41, 5.74) is 4.48. The molecule has 0 N–H and O–H groups in total. The second kappa shape index (κ2) is 10.6. The van der Waals surface area contributed by atoms with E-state index in [1.807, 2.05) is 41.4 Å². The highest BCUT2D eigenvalue weighted by molar-refractivity contribution is 7.99. The van der Waals surface area contributed by atoms with Crippen molar-refractivity contribution >= 4 is 17.7 Å². The van der Waals surface area contributed by atoms with Gasteiger partial charge in [0, 0.05) is 37.4 Å². The van der Waals surface area contributed by atoms with Crippen molar-refractivity contribution in [2.45, 2.75) is 32.2 Å². The number of rotatable bonds is 9. The van der Waals surface area contributed by atoms with Gasteiger partial charge in [-0.05, 0) is 41.3 Å². The fourth-order valence-electron chi connectivity index (χ4n) is 2.86. The summed E-state index contributed by atoms with van der Waals surface area (Å²) in [6.07, 6.45) is 6.37. The third kappa shape index (κ3) is 6.20. The Labute approximate surface area is 171 Å². The van der Waals surface area contributed by atoms with E-state index in [1.165, 1.54) is 5.56 Å². The molecule has 3 rings (SSSR count). The molecule has 2 heterocycles. The van der Waals surface area contributed by atoms with Crippen molar-refractivity contribution in [2.24, 2.45) is 0 Å². The number of aromatic nitrogens is 2. The van der Waals surface area contributed by atoms with Crippen molar-refractivity contribution < 1.29 is 4.79 Å². The van der Waals surface area contributed by atoms with Gasteiger partial charge in [-0.25, -0.2) is 0 Å². The Hall–Kier alpha value is -2.66. The van der Waals surface area contributed by atoms with E-state index in [1.54, 1.807) is 24.2 Å². The standard InChI is InChI=1S/C23H25N3OS/c1-2-19-8-10-20(11-9-19)15-26(16-21-6-5-12-24-14-21)23(27)18-28-17-22-7-3-4-13-25-22/h3-14H,2,15-18H2,1H3. The summed E-state index contributed by atoms with van der Waals surface area (Å²) in [7, 11) is 0. The smallest absolute Gasteiger partial charge is 0.233 e. The molecule has 4 nitrogen and oxygen atoms in total. The number of amides is 1. The molecule has 0 aliphatic rings. The first kappa shape index (κ1) is 20.1. The molecule has 0 bridgehead atoms. The van der Waals surface area contributed by atoms with Crippen LogP contribution in [0, 0.1) is 0 Å². The Bertz CT molecular complexity index is 854. The molecule has 0 spiro atoms. The Morgan fingerprint density at radius 2 is 1.71 bits per heavy atom. The number of aryl methyl sites for hydroxylation is 1. The number of hydrogen-bond donors (Lipinski definition) is 0. The van der Waals surface area contributed by atoms with Gasteiger partial charge in [-0.15, -0.1) is 11.8 Å². The number of carbonyl (C=O) groups is 1. The predicted octanol–water partition coefficient (Wildman–Crippen LogP) is 4.50. The molecule has 1 aromatic carbocycles. The van der Waals surface area contributed by atoms with Gasteiger partial charge in [0.1, 0.15) is 0 Å². The van der Waals surface area contributed by atoms with Crippen LogP contribution in [-0.4, -0.2) is 26.5 Å². The van der Waals surface area contributed by atoms with Crippen molar-refractivity contribution in [3.63, 3.8) is 0 Å². The van der Waals surface area contributed by atoms with Crippen molar-refractivity contribution in [1.82, 2.24) is 14.9 Å². The molecule has 0 aliphatic heterocycles. The third-order valence-corrected chi connectivity index (χ3v) is 5.41. The van der Waals surface area contributed by atoms with Crippen LogP contribution in [0.4, 0.5) is 0 Å². The molecular weight excluding hydrogens is 366 g/mol. The number of hydrogen-bond acceptors (Lipinski definition) is 4. The lowest BCUT2D eigenvalue weighted by molar-refractivity contribution is -0.129. The molecule has 5 heteroatoms. The second-order valence-electron chi connectivity index (χ2n) is 6.59.